The van der Waals surface area contributed by atoms with E-state index in [1.807, 2.05) is 0 Å². The maximum Gasteiger partial charge on any atom is 0.333 e. The van der Waals surface area contributed by atoms with Crippen molar-refractivity contribution in [2.75, 3.05) is 5.32 Å². The van der Waals surface area contributed by atoms with E-state index in [1.165, 1.54) is 0 Å². The van der Waals surface area contributed by atoms with E-state index in [9.17, 15) is 29.8 Å². The van der Waals surface area contributed by atoms with Crippen LogP contribution in [0.5, 0.6) is 0 Å². The molecule has 0 radical (unpaired) electrons. The third kappa shape index (κ3) is 4.38. The van der Waals surface area contributed by atoms with E-state index in [2.05, 4.69) is 5.32 Å². The van der Waals surface area contributed by atoms with Crippen molar-refractivity contribution >= 4 is 39.0 Å². The maximum atomic E-state index is 11.0. The Balaban J connectivity index is 3.02. The van der Waals surface area contributed by atoms with Gasteiger partial charge >= 0.3 is 22.6 Å². The molecule has 0 unspecified atom stereocenters. The van der Waals surface area contributed by atoms with E-state index in [0.717, 1.165) is 0 Å². The number of carboxylic acids is 2. The van der Waals surface area contributed by atoms with Gasteiger partial charge in [0.25, 0.3) is 0 Å². The molecule has 21 heavy (non-hydrogen) atoms. The van der Waals surface area contributed by atoms with E-state index in [0.29, 0.717) is 17.4 Å². The highest BCUT2D eigenvalue weighted by Crippen LogP contribution is 2.39. The minimum absolute atomic E-state index is 0.301. The van der Waals surface area contributed by atoms with Crippen LogP contribution in [0.1, 0.15) is 12.8 Å². The van der Waals surface area contributed by atoms with Crippen molar-refractivity contribution in [3.63, 3.8) is 0 Å². The minimum atomic E-state index is -1.42. The quantitative estimate of drug-likeness (QED) is 0.471. The Morgan fingerprint density at radius 2 is 1.90 bits per heavy atom. The molecule has 3 N–H and O–H groups in total. The zero-order valence-electron chi connectivity index (χ0n) is 10.2. The van der Waals surface area contributed by atoms with Gasteiger partial charge in [-0.05, 0) is 17.8 Å². The molecule has 0 spiro atoms. The van der Waals surface area contributed by atoms with Gasteiger partial charge in [-0.15, -0.1) is 0 Å². The van der Waals surface area contributed by atoms with Crippen LogP contribution in [0.4, 0.5) is 15.7 Å². The van der Waals surface area contributed by atoms with Gasteiger partial charge in [0.15, 0.2) is 5.00 Å². The lowest BCUT2D eigenvalue weighted by atomic mass is 10.1. The van der Waals surface area contributed by atoms with Gasteiger partial charge in [0, 0.05) is 6.42 Å². The Bertz CT molecular complexity index is 598. The SMILES string of the molecule is O=C(O)CC[C@H](Nc1sc([N+](=O)[O-])cc1[N+](=O)[O-])C(=O)O. The Morgan fingerprint density at radius 1 is 1.29 bits per heavy atom. The van der Waals surface area contributed by atoms with Crippen LogP contribution >= 0.6 is 11.3 Å². The number of hydrogen-bond donors (Lipinski definition) is 3. The number of nitrogens with zero attached hydrogens (tertiary/aromatic N) is 2. The highest BCUT2D eigenvalue weighted by molar-refractivity contribution is 7.19. The third-order valence-corrected chi connectivity index (χ3v) is 3.33. The summed E-state index contributed by atoms with van der Waals surface area (Å²) < 4.78 is 0. The summed E-state index contributed by atoms with van der Waals surface area (Å²) in [5, 5.41) is 40.3. The van der Waals surface area contributed by atoms with E-state index in [1.54, 1.807) is 0 Å². The zero-order valence-corrected chi connectivity index (χ0v) is 11.0. The lowest BCUT2D eigenvalue weighted by molar-refractivity contribution is -0.389. The fourth-order valence-corrected chi connectivity index (χ4v) is 2.27. The smallest absolute Gasteiger partial charge is 0.333 e. The number of rotatable bonds is 8. The molecule has 1 rings (SSSR count). The van der Waals surface area contributed by atoms with Gasteiger partial charge in [-0.2, -0.15) is 0 Å². The van der Waals surface area contributed by atoms with Crippen molar-refractivity contribution in [2.24, 2.45) is 0 Å². The number of nitrogens with one attached hydrogen (secondary N) is 1. The van der Waals surface area contributed by atoms with E-state index >= 15 is 0 Å². The van der Waals surface area contributed by atoms with Gasteiger partial charge in [-0.3, -0.25) is 25.0 Å². The van der Waals surface area contributed by atoms with Crippen LogP contribution < -0.4 is 5.32 Å². The molecule has 0 fully saturated rings. The second kappa shape index (κ2) is 6.60. The van der Waals surface area contributed by atoms with Crippen LogP contribution in [-0.2, 0) is 9.59 Å². The number of carboxylic acid groups (broad SMARTS) is 2. The fraction of sp³-hybridized carbons (Fsp3) is 0.333. The van der Waals surface area contributed by atoms with Crippen LogP contribution in [0, 0.1) is 20.2 Å². The first kappa shape index (κ1) is 16.3. The topological polar surface area (TPSA) is 173 Å². The predicted molar refractivity (Wildman–Crippen MR) is 69.5 cm³/mol. The minimum Gasteiger partial charge on any atom is -0.481 e. The van der Waals surface area contributed by atoms with Crippen molar-refractivity contribution < 1.29 is 29.6 Å². The van der Waals surface area contributed by atoms with Gasteiger partial charge in [0.2, 0.25) is 0 Å². The van der Waals surface area contributed by atoms with Crippen molar-refractivity contribution in [1.29, 1.82) is 0 Å². The molecule has 0 bridgehead atoms. The third-order valence-electron chi connectivity index (χ3n) is 2.33. The summed E-state index contributed by atoms with van der Waals surface area (Å²) in [4.78, 5) is 41.1. The first-order chi connectivity index (χ1) is 9.72. The van der Waals surface area contributed by atoms with Crippen molar-refractivity contribution in [1.82, 2.24) is 0 Å². The Hall–Kier alpha value is -2.76. The highest BCUT2D eigenvalue weighted by atomic mass is 32.1. The Morgan fingerprint density at radius 3 is 2.33 bits per heavy atom. The van der Waals surface area contributed by atoms with Crippen molar-refractivity contribution in [2.45, 2.75) is 18.9 Å². The highest BCUT2D eigenvalue weighted by Gasteiger charge is 2.28. The summed E-state index contributed by atoms with van der Waals surface area (Å²) in [5.41, 5.74) is -0.631. The molecule has 12 heteroatoms. The first-order valence-electron chi connectivity index (χ1n) is 5.36. The molecule has 1 aromatic rings. The first-order valence-corrected chi connectivity index (χ1v) is 6.17. The molecule has 1 heterocycles. The lowest BCUT2D eigenvalue weighted by Gasteiger charge is -2.12. The van der Waals surface area contributed by atoms with Crippen LogP contribution in [0.25, 0.3) is 0 Å². The molecule has 0 saturated heterocycles. The number of hydrogen-bond acceptors (Lipinski definition) is 8. The average molecular weight is 319 g/mol. The summed E-state index contributed by atoms with van der Waals surface area (Å²) >= 11 is 0.413. The average Bonchev–Trinajstić information content (AvgIpc) is 2.77. The molecule has 0 aliphatic heterocycles. The van der Waals surface area contributed by atoms with Gasteiger partial charge in [-0.25, -0.2) is 4.79 Å². The second-order valence-electron chi connectivity index (χ2n) is 3.78. The molecule has 0 aromatic carbocycles. The van der Waals surface area contributed by atoms with Crippen LogP contribution in [0.2, 0.25) is 0 Å². The standard InChI is InChI=1S/C9H9N3O8S/c13-7(14)2-1-4(9(15)16)10-8-5(11(17)18)3-6(21-8)12(19)20/h3-4,10H,1-2H2,(H,13,14)(H,15,16)/t4-/m0/s1. The largest absolute Gasteiger partial charge is 0.481 e. The van der Waals surface area contributed by atoms with E-state index < -0.39 is 44.9 Å². The molecular formula is C9H9N3O8S. The van der Waals surface area contributed by atoms with Crippen molar-refractivity contribution in [3.8, 4) is 0 Å². The normalized spacial score (nSPS) is 11.6. The molecule has 0 aliphatic rings. The van der Waals surface area contributed by atoms with Gasteiger partial charge in [0.05, 0.1) is 9.85 Å². The molecular weight excluding hydrogens is 310 g/mol. The lowest BCUT2D eigenvalue weighted by Crippen LogP contribution is -2.29. The number of anilines is 1. The van der Waals surface area contributed by atoms with E-state index in [-0.39, 0.29) is 11.4 Å². The summed E-state index contributed by atoms with van der Waals surface area (Å²) in [6.07, 6.45) is -0.793. The predicted octanol–water partition coefficient (Wildman–Crippen LogP) is 1.29. The maximum absolute atomic E-state index is 11.0. The van der Waals surface area contributed by atoms with Crippen LogP contribution in [0.3, 0.4) is 0 Å². The van der Waals surface area contributed by atoms with Gasteiger partial charge in [-0.1, -0.05) is 0 Å². The Kier molecular flexibility index (Phi) is 5.12. The Labute approximate surface area is 120 Å². The summed E-state index contributed by atoms with van der Waals surface area (Å²) in [7, 11) is 0. The second-order valence-corrected chi connectivity index (χ2v) is 4.81. The molecule has 0 saturated carbocycles. The van der Waals surface area contributed by atoms with Crippen LogP contribution in [0.15, 0.2) is 6.07 Å². The number of nitro groups is 2. The molecule has 1 aromatic heterocycles. The fourth-order valence-electron chi connectivity index (χ4n) is 1.38. The molecule has 114 valence electrons. The zero-order chi connectivity index (χ0) is 16.2. The van der Waals surface area contributed by atoms with E-state index in [4.69, 9.17) is 10.2 Å². The van der Waals surface area contributed by atoms with Gasteiger partial charge in [0.1, 0.15) is 12.1 Å². The number of aliphatic carboxylic acids is 2. The summed E-state index contributed by atoms with van der Waals surface area (Å²) in [5.74, 6) is -2.64. The monoisotopic (exact) mass is 319 g/mol. The number of thiophene rings is 1. The van der Waals surface area contributed by atoms with Gasteiger partial charge < -0.3 is 15.5 Å². The summed E-state index contributed by atoms with van der Waals surface area (Å²) in [6.45, 7) is 0. The van der Waals surface area contributed by atoms with Crippen LogP contribution in [-0.4, -0.2) is 38.0 Å². The molecule has 11 nitrogen and oxygen atoms in total. The molecule has 0 aliphatic carbocycles. The molecule has 0 amide bonds. The number of carbonyl (C=O) groups is 2. The molecule has 1 atom stereocenters. The van der Waals surface area contributed by atoms with Crippen molar-refractivity contribution in [3.05, 3.63) is 26.3 Å². The summed E-state index contributed by atoms with van der Waals surface area (Å²) in [6, 6.07) is -0.693.